The molecule has 1 unspecified atom stereocenters. The number of halogens is 1. The van der Waals surface area contributed by atoms with Gasteiger partial charge in [-0.1, -0.05) is 49.0 Å². The molecule has 0 saturated carbocycles. The maximum absolute atomic E-state index is 9.79. The zero-order chi connectivity index (χ0) is 13.4. The molecule has 1 rings (SSSR count). The minimum absolute atomic E-state index is 0.372. The van der Waals surface area contributed by atoms with E-state index in [1.54, 1.807) is 6.07 Å². The van der Waals surface area contributed by atoms with Crippen molar-refractivity contribution < 1.29 is 5.11 Å². The number of unbranched alkanes of at least 4 members (excludes halogenated alkanes) is 1. The number of phenols is 1. The molecule has 2 N–H and O–H groups in total. The van der Waals surface area contributed by atoms with E-state index < -0.39 is 0 Å². The Hall–Kier alpha value is -0.540. The van der Waals surface area contributed by atoms with Gasteiger partial charge < -0.3 is 10.4 Å². The van der Waals surface area contributed by atoms with Crippen molar-refractivity contribution in [3.63, 3.8) is 0 Å². The normalized spacial score (nSPS) is 12.6. The van der Waals surface area contributed by atoms with Crippen LogP contribution in [0.3, 0.4) is 0 Å². The summed E-state index contributed by atoms with van der Waals surface area (Å²) in [5, 5.41) is 13.4. The van der Waals surface area contributed by atoms with Crippen molar-refractivity contribution in [3.05, 3.63) is 28.2 Å². The lowest BCUT2D eigenvalue weighted by atomic mass is 10.0. The lowest BCUT2D eigenvalue weighted by Crippen LogP contribution is -2.28. The summed E-state index contributed by atoms with van der Waals surface area (Å²) < 4.78 is 1.01. The van der Waals surface area contributed by atoms with Crippen molar-refractivity contribution in [1.29, 1.82) is 0 Å². The average Bonchev–Trinajstić information content (AvgIpc) is 2.36. The first kappa shape index (κ1) is 15.5. The first-order valence-corrected chi connectivity index (χ1v) is 7.67. The molecule has 2 nitrogen and oxygen atoms in total. The van der Waals surface area contributed by atoms with E-state index in [0.29, 0.717) is 11.8 Å². The van der Waals surface area contributed by atoms with Crippen LogP contribution in [0.25, 0.3) is 0 Å². The van der Waals surface area contributed by atoms with Gasteiger partial charge in [-0.3, -0.25) is 0 Å². The fourth-order valence-corrected chi connectivity index (χ4v) is 2.51. The zero-order valence-electron chi connectivity index (χ0n) is 11.4. The van der Waals surface area contributed by atoms with Gasteiger partial charge >= 0.3 is 0 Å². The van der Waals surface area contributed by atoms with Gasteiger partial charge in [0.1, 0.15) is 5.75 Å². The van der Waals surface area contributed by atoms with Crippen LogP contribution in [0.15, 0.2) is 22.7 Å². The molecule has 0 heterocycles. The van der Waals surface area contributed by atoms with E-state index in [4.69, 9.17) is 0 Å². The molecule has 0 fully saturated rings. The quantitative estimate of drug-likeness (QED) is 0.735. The van der Waals surface area contributed by atoms with E-state index in [1.807, 2.05) is 12.1 Å². The highest BCUT2D eigenvalue weighted by Crippen LogP contribution is 2.22. The molecular weight excluding hydrogens is 290 g/mol. The van der Waals surface area contributed by atoms with Gasteiger partial charge in [-0.2, -0.15) is 0 Å². The van der Waals surface area contributed by atoms with Crippen LogP contribution in [0.5, 0.6) is 5.75 Å². The Labute approximate surface area is 119 Å². The van der Waals surface area contributed by atoms with Crippen molar-refractivity contribution in [2.75, 3.05) is 0 Å². The Kier molecular flexibility index (Phi) is 7.36. The van der Waals surface area contributed by atoms with Gasteiger partial charge in [0.2, 0.25) is 0 Å². The molecule has 0 bridgehead atoms. The van der Waals surface area contributed by atoms with Crippen LogP contribution in [0.4, 0.5) is 0 Å². The highest BCUT2D eigenvalue weighted by molar-refractivity contribution is 9.10. The summed E-state index contributed by atoms with van der Waals surface area (Å²) in [5.41, 5.74) is 0.960. The molecule has 0 aliphatic carbocycles. The molecule has 0 spiro atoms. The third kappa shape index (κ3) is 5.40. The van der Waals surface area contributed by atoms with E-state index >= 15 is 0 Å². The molecule has 1 atom stereocenters. The van der Waals surface area contributed by atoms with Crippen LogP contribution in [0.1, 0.15) is 51.5 Å². The first-order valence-electron chi connectivity index (χ1n) is 6.88. The van der Waals surface area contributed by atoms with Crippen molar-refractivity contribution in [3.8, 4) is 5.75 Å². The summed E-state index contributed by atoms with van der Waals surface area (Å²) in [7, 11) is 0. The van der Waals surface area contributed by atoms with Gasteiger partial charge in [0.05, 0.1) is 0 Å². The average molecular weight is 314 g/mol. The molecule has 0 saturated heterocycles. The van der Waals surface area contributed by atoms with Crippen LogP contribution in [0, 0.1) is 0 Å². The molecular formula is C15H24BrNO. The van der Waals surface area contributed by atoms with Crippen LogP contribution >= 0.6 is 15.9 Å². The summed E-state index contributed by atoms with van der Waals surface area (Å²) in [6, 6.07) is 6.14. The predicted octanol–water partition coefficient (Wildman–Crippen LogP) is 4.60. The highest BCUT2D eigenvalue weighted by atomic mass is 79.9. The maximum atomic E-state index is 9.79. The molecule has 18 heavy (non-hydrogen) atoms. The molecule has 0 aromatic heterocycles. The van der Waals surface area contributed by atoms with E-state index in [9.17, 15) is 5.11 Å². The smallest absolute Gasteiger partial charge is 0.120 e. The summed E-state index contributed by atoms with van der Waals surface area (Å²) in [4.78, 5) is 0. The second-order valence-corrected chi connectivity index (χ2v) is 5.70. The summed E-state index contributed by atoms with van der Waals surface area (Å²) >= 11 is 3.44. The standard InChI is InChI=1S/C15H24BrNO/c1-3-5-7-14(6-4-2)17-11-12-10-13(16)8-9-15(12)18/h8-10,14,17-18H,3-7,11H2,1-2H3. The van der Waals surface area contributed by atoms with Gasteiger partial charge in [-0.15, -0.1) is 0 Å². The van der Waals surface area contributed by atoms with Gasteiger partial charge in [0.15, 0.2) is 0 Å². The second-order valence-electron chi connectivity index (χ2n) is 4.78. The summed E-state index contributed by atoms with van der Waals surface area (Å²) in [6.07, 6.45) is 6.13. The molecule has 0 aliphatic rings. The van der Waals surface area contributed by atoms with Gasteiger partial charge in [-0.05, 0) is 31.0 Å². The predicted molar refractivity (Wildman–Crippen MR) is 80.9 cm³/mol. The fourth-order valence-electron chi connectivity index (χ4n) is 2.10. The Bertz CT molecular complexity index is 354. The van der Waals surface area contributed by atoms with E-state index in [0.717, 1.165) is 16.6 Å². The zero-order valence-corrected chi connectivity index (χ0v) is 13.0. The van der Waals surface area contributed by atoms with Crippen molar-refractivity contribution in [2.45, 2.75) is 58.5 Å². The molecule has 0 amide bonds. The van der Waals surface area contributed by atoms with Crippen LogP contribution < -0.4 is 5.32 Å². The highest BCUT2D eigenvalue weighted by Gasteiger charge is 2.08. The van der Waals surface area contributed by atoms with Crippen LogP contribution in [0.2, 0.25) is 0 Å². The Balaban J connectivity index is 2.52. The van der Waals surface area contributed by atoms with E-state index in [1.165, 1.54) is 32.1 Å². The van der Waals surface area contributed by atoms with Crippen LogP contribution in [-0.2, 0) is 6.54 Å². The maximum Gasteiger partial charge on any atom is 0.120 e. The minimum atomic E-state index is 0.372. The third-order valence-corrected chi connectivity index (χ3v) is 3.66. The van der Waals surface area contributed by atoms with Crippen LogP contribution in [-0.4, -0.2) is 11.1 Å². The summed E-state index contributed by atoms with van der Waals surface area (Å²) in [6.45, 7) is 5.18. The molecule has 3 heteroatoms. The number of phenolic OH excluding ortho intramolecular Hbond substituents is 1. The van der Waals surface area contributed by atoms with Crippen molar-refractivity contribution in [1.82, 2.24) is 5.32 Å². The van der Waals surface area contributed by atoms with E-state index in [-0.39, 0.29) is 0 Å². The Morgan fingerprint density at radius 2 is 2.00 bits per heavy atom. The topological polar surface area (TPSA) is 32.3 Å². The molecule has 1 aromatic rings. The lowest BCUT2D eigenvalue weighted by Gasteiger charge is -2.18. The lowest BCUT2D eigenvalue weighted by molar-refractivity contribution is 0.422. The summed E-state index contributed by atoms with van der Waals surface area (Å²) in [5.74, 6) is 0.372. The molecule has 1 aromatic carbocycles. The van der Waals surface area contributed by atoms with Crippen molar-refractivity contribution in [2.24, 2.45) is 0 Å². The molecule has 0 aliphatic heterocycles. The van der Waals surface area contributed by atoms with E-state index in [2.05, 4.69) is 35.1 Å². The fraction of sp³-hybridized carbons (Fsp3) is 0.600. The number of benzene rings is 1. The van der Waals surface area contributed by atoms with Gasteiger partial charge in [0.25, 0.3) is 0 Å². The number of hydrogen-bond acceptors (Lipinski definition) is 2. The largest absolute Gasteiger partial charge is 0.508 e. The molecule has 102 valence electrons. The Morgan fingerprint density at radius 1 is 1.22 bits per heavy atom. The number of aromatic hydroxyl groups is 1. The third-order valence-electron chi connectivity index (χ3n) is 3.17. The van der Waals surface area contributed by atoms with Gasteiger partial charge in [0, 0.05) is 22.6 Å². The van der Waals surface area contributed by atoms with Gasteiger partial charge in [-0.25, -0.2) is 0 Å². The number of nitrogens with one attached hydrogen (secondary N) is 1. The number of hydrogen-bond donors (Lipinski definition) is 2. The second kappa shape index (κ2) is 8.54. The first-order chi connectivity index (χ1) is 8.67. The Morgan fingerprint density at radius 3 is 2.67 bits per heavy atom. The number of rotatable bonds is 8. The van der Waals surface area contributed by atoms with Crippen molar-refractivity contribution >= 4 is 15.9 Å². The molecule has 0 radical (unpaired) electrons. The monoisotopic (exact) mass is 313 g/mol. The SMILES string of the molecule is CCCCC(CCC)NCc1cc(Br)ccc1O. The minimum Gasteiger partial charge on any atom is -0.508 e.